The van der Waals surface area contributed by atoms with Gasteiger partial charge in [-0.3, -0.25) is 0 Å². The molecule has 3 rings (SSSR count). The molecule has 1 aliphatic rings. The van der Waals surface area contributed by atoms with Crippen LogP contribution in [0.2, 0.25) is 0 Å². The number of halogens is 1. The van der Waals surface area contributed by atoms with E-state index in [-0.39, 0.29) is 11.9 Å². The van der Waals surface area contributed by atoms with Crippen LogP contribution < -0.4 is 10.2 Å². The SMILES string of the molecule is Fc1cccc(COc2cccc([C@H]3CCON3)c2)c1. The van der Waals surface area contributed by atoms with Crippen LogP contribution in [0, 0.1) is 5.82 Å². The van der Waals surface area contributed by atoms with Crippen molar-refractivity contribution in [3.63, 3.8) is 0 Å². The molecule has 2 aromatic rings. The summed E-state index contributed by atoms with van der Waals surface area (Å²) in [6.45, 7) is 1.08. The molecule has 3 nitrogen and oxygen atoms in total. The Morgan fingerprint density at radius 3 is 2.90 bits per heavy atom. The van der Waals surface area contributed by atoms with E-state index in [1.54, 1.807) is 6.07 Å². The van der Waals surface area contributed by atoms with Gasteiger partial charge in [0.1, 0.15) is 18.2 Å². The minimum atomic E-state index is -0.243. The number of hydroxylamine groups is 1. The topological polar surface area (TPSA) is 30.5 Å². The smallest absolute Gasteiger partial charge is 0.123 e. The first kappa shape index (κ1) is 13.1. The van der Waals surface area contributed by atoms with Crippen molar-refractivity contribution in [3.05, 3.63) is 65.5 Å². The highest BCUT2D eigenvalue weighted by atomic mass is 19.1. The standard InChI is InChI=1S/C16H16FNO2/c17-14-5-1-3-12(9-14)11-19-15-6-2-4-13(10-15)16-7-8-20-18-16/h1-6,9-10,16,18H,7-8,11H2/t16-/m1/s1. The Labute approximate surface area is 117 Å². The molecule has 1 aliphatic heterocycles. The van der Waals surface area contributed by atoms with Crippen molar-refractivity contribution in [1.82, 2.24) is 5.48 Å². The van der Waals surface area contributed by atoms with E-state index in [4.69, 9.17) is 9.57 Å². The van der Waals surface area contributed by atoms with E-state index in [9.17, 15) is 4.39 Å². The summed E-state index contributed by atoms with van der Waals surface area (Å²) >= 11 is 0. The summed E-state index contributed by atoms with van der Waals surface area (Å²) in [6, 6.07) is 14.5. The number of nitrogens with one attached hydrogen (secondary N) is 1. The van der Waals surface area contributed by atoms with Crippen LogP contribution in [0.1, 0.15) is 23.6 Å². The van der Waals surface area contributed by atoms with Gasteiger partial charge in [0.05, 0.1) is 12.6 Å². The molecule has 1 atom stereocenters. The number of hydrogen-bond acceptors (Lipinski definition) is 3. The van der Waals surface area contributed by atoms with Gasteiger partial charge in [-0.2, -0.15) is 5.48 Å². The molecule has 0 unspecified atom stereocenters. The van der Waals surface area contributed by atoms with Crippen molar-refractivity contribution < 1.29 is 14.0 Å². The fraction of sp³-hybridized carbons (Fsp3) is 0.250. The van der Waals surface area contributed by atoms with Gasteiger partial charge in [-0.1, -0.05) is 24.3 Å². The predicted octanol–water partition coefficient (Wildman–Crippen LogP) is 3.37. The molecule has 0 spiro atoms. The number of benzene rings is 2. The van der Waals surface area contributed by atoms with Crippen LogP contribution in [0.5, 0.6) is 5.75 Å². The zero-order valence-corrected chi connectivity index (χ0v) is 11.0. The Kier molecular flexibility index (Phi) is 3.95. The number of hydrogen-bond donors (Lipinski definition) is 1. The maximum Gasteiger partial charge on any atom is 0.123 e. The van der Waals surface area contributed by atoms with Gasteiger partial charge in [0.2, 0.25) is 0 Å². The molecule has 0 aliphatic carbocycles. The van der Waals surface area contributed by atoms with E-state index >= 15 is 0 Å². The molecule has 1 N–H and O–H groups in total. The largest absolute Gasteiger partial charge is 0.489 e. The maximum atomic E-state index is 13.1. The molecule has 4 heteroatoms. The summed E-state index contributed by atoms with van der Waals surface area (Å²) in [6.07, 6.45) is 0.952. The second-order valence-corrected chi connectivity index (χ2v) is 4.80. The van der Waals surface area contributed by atoms with E-state index in [0.717, 1.165) is 29.9 Å². The zero-order chi connectivity index (χ0) is 13.8. The summed E-state index contributed by atoms with van der Waals surface area (Å²) in [5.41, 5.74) is 4.93. The summed E-state index contributed by atoms with van der Waals surface area (Å²) in [7, 11) is 0. The molecule has 104 valence electrons. The van der Waals surface area contributed by atoms with Gasteiger partial charge in [-0.05, 0) is 41.8 Å². The third-order valence-corrected chi connectivity index (χ3v) is 3.29. The van der Waals surface area contributed by atoms with E-state index in [2.05, 4.69) is 5.48 Å². The molecule has 0 saturated carbocycles. The lowest BCUT2D eigenvalue weighted by Crippen LogP contribution is -2.11. The van der Waals surface area contributed by atoms with Gasteiger partial charge in [-0.25, -0.2) is 4.39 Å². The fourth-order valence-corrected chi connectivity index (χ4v) is 2.24. The predicted molar refractivity (Wildman–Crippen MR) is 73.6 cm³/mol. The average Bonchev–Trinajstić information content (AvgIpc) is 3.00. The first-order valence-electron chi connectivity index (χ1n) is 6.66. The Morgan fingerprint density at radius 2 is 2.10 bits per heavy atom. The summed E-state index contributed by atoms with van der Waals surface area (Å²) in [5, 5.41) is 0. The van der Waals surface area contributed by atoms with Gasteiger partial charge in [0, 0.05) is 0 Å². The molecular formula is C16H16FNO2. The Balaban J connectivity index is 1.66. The molecule has 0 amide bonds. The van der Waals surface area contributed by atoms with Crippen molar-refractivity contribution in [3.8, 4) is 5.75 Å². The van der Waals surface area contributed by atoms with E-state index in [0.29, 0.717) is 6.61 Å². The number of rotatable bonds is 4. The maximum absolute atomic E-state index is 13.1. The Morgan fingerprint density at radius 1 is 1.20 bits per heavy atom. The lowest BCUT2D eigenvalue weighted by Gasteiger charge is -2.11. The van der Waals surface area contributed by atoms with Crippen LogP contribution >= 0.6 is 0 Å². The summed E-state index contributed by atoms with van der Waals surface area (Å²) in [4.78, 5) is 5.16. The van der Waals surface area contributed by atoms with Crippen LogP contribution in [-0.4, -0.2) is 6.61 Å². The molecule has 1 heterocycles. The second kappa shape index (κ2) is 6.03. The second-order valence-electron chi connectivity index (χ2n) is 4.80. The highest BCUT2D eigenvalue weighted by Crippen LogP contribution is 2.25. The van der Waals surface area contributed by atoms with Crippen molar-refractivity contribution in [2.75, 3.05) is 6.61 Å². The van der Waals surface area contributed by atoms with Crippen LogP contribution in [-0.2, 0) is 11.4 Å². The van der Waals surface area contributed by atoms with Crippen molar-refractivity contribution in [2.24, 2.45) is 0 Å². The van der Waals surface area contributed by atoms with Gasteiger partial charge in [0.15, 0.2) is 0 Å². The molecule has 1 saturated heterocycles. The molecule has 1 fully saturated rings. The van der Waals surface area contributed by atoms with Crippen LogP contribution in [0.25, 0.3) is 0 Å². The highest BCUT2D eigenvalue weighted by molar-refractivity contribution is 5.31. The normalized spacial score (nSPS) is 18.1. The van der Waals surface area contributed by atoms with Crippen molar-refractivity contribution >= 4 is 0 Å². The summed E-state index contributed by atoms with van der Waals surface area (Å²) in [5.74, 6) is 0.535. The first-order valence-corrected chi connectivity index (χ1v) is 6.66. The average molecular weight is 273 g/mol. The van der Waals surface area contributed by atoms with Gasteiger partial charge in [0.25, 0.3) is 0 Å². The lowest BCUT2D eigenvalue weighted by molar-refractivity contribution is 0.0882. The minimum Gasteiger partial charge on any atom is -0.489 e. The minimum absolute atomic E-state index is 0.215. The third-order valence-electron chi connectivity index (χ3n) is 3.29. The first-order chi connectivity index (χ1) is 9.81. The van der Waals surface area contributed by atoms with Crippen LogP contribution in [0.4, 0.5) is 4.39 Å². The van der Waals surface area contributed by atoms with Crippen LogP contribution in [0.3, 0.4) is 0 Å². The molecule has 0 bridgehead atoms. The molecule has 20 heavy (non-hydrogen) atoms. The third kappa shape index (κ3) is 3.15. The van der Waals surface area contributed by atoms with E-state index < -0.39 is 0 Å². The van der Waals surface area contributed by atoms with Gasteiger partial charge < -0.3 is 9.57 Å². The summed E-state index contributed by atoms with van der Waals surface area (Å²) < 4.78 is 18.8. The molecule has 0 radical (unpaired) electrons. The molecule has 0 aromatic heterocycles. The lowest BCUT2D eigenvalue weighted by atomic mass is 10.1. The fourth-order valence-electron chi connectivity index (χ4n) is 2.24. The van der Waals surface area contributed by atoms with Crippen molar-refractivity contribution in [1.29, 1.82) is 0 Å². The highest BCUT2D eigenvalue weighted by Gasteiger charge is 2.17. The zero-order valence-electron chi connectivity index (χ0n) is 11.0. The van der Waals surface area contributed by atoms with E-state index in [1.165, 1.54) is 12.1 Å². The van der Waals surface area contributed by atoms with Gasteiger partial charge in [-0.15, -0.1) is 0 Å². The van der Waals surface area contributed by atoms with E-state index in [1.807, 2.05) is 30.3 Å². The van der Waals surface area contributed by atoms with Crippen LogP contribution in [0.15, 0.2) is 48.5 Å². The molecule has 2 aromatic carbocycles. The quantitative estimate of drug-likeness (QED) is 0.926. The Hall–Kier alpha value is -1.91. The monoisotopic (exact) mass is 273 g/mol. The van der Waals surface area contributed by atoms with Crippen molar-refractivity contribution in [2.45, 2.75) is 19.1 Å². The Bertz CT molecular complexity index is 582. The molecular weight excluding hydrogens is 257 g/mol. The van der Waals surface area contributed by atoms with Gasteiger partial charge >= 0.3 is 0 Å². The number of ether oxygens (including phenoxy) is 1.